The molecule has 0 aliphatic carbocycles. The molecule has 0 fully saturated rings. The second-order valence-electron chi connectivity index (χ2n) is 1.92. The molecule has 0 unspecified atom stereocenters. The van der Waals surface area contributed by atoms with Gasteiger partial charge in [0, 0.05) is 12.8 Å². The summed E-state index contributed by atoms with van der Waals surface area (Å²) >= 11 is 0. The van der Waals surface area contributed by atoms with Crippen LogP contribution >= 0.6 is 0 Å². The highest BCUT2D eigenvalue weighted by atomic mass is 16.1. The van der Waals surface area contributed by atoms with Gasteiger partial charge in [-0.15, -0.1) is 0 Å². The van der Waals surface area contributed by atoms with Gasteiger partial charge in [-0.2, -0.15) is 5.26 Å². The van der Waals surface area contributed by atoms with Crippen molar-refractivity contribution in [1.82, 2.24) is 0 Å². The molecule has 2 nitrogen and oxygen atoms in total. The summed E-state index contributed by atoms with van der Waals surface area (Å²) < 4.78 is 0. The van der Waals surface area contributed by atoms with Crippen LogP contribution in [0.3, 0.4) is 0 Å². The Morgan fingerprint density at radius 1 is 1.33 bits per heavy atom. The third-order valence-electron chi connectivity index (χ3n) is 1.11. The molecule has 0 aromatic rings. The quantitative estimate of drug-likeness (QED) is 0.414. The number of carbonyl (C=O) groups excluding carboxylic acids is 1. The van der Waals surface area contributed by atoms with E-state index in [1.807, 2.05) is 0 Å². The highest BCUT2D eigenvalue weighted by Crippen LogP contribution is 1.99. The van der Waals surface area contributed by atoms with Crippen molar-refractivity contribution in [3.05, 3.63) is 0 Å². The van der Waals surface area contributed by atoms with Crippen LogP contribution in [0.2, 0.25) is 0 Å². The van der Waals surface area contributed by atoms with E-state index in [0.29, 0.717) is 12.8 Å². The zero-order valence-corrected chi connectivity index (χ0v) is 5.47. The van der Waals surface area contributed by atoms with E-state index in [2.05, 4.69) is 6.07 Å². The van der Waals surface area contributed by atoms with Crippen molar-refractivity contribution in [2.75, 3.05) is 0 Å². The second kappa shape index (κ2) is 7.16. The van der Waals surface area contributed by atoms with E-state index in [4.69, 9.17) is 5.26 Å². The molecule has 0 aromatic carbocycles. The van der Waals surface area contributed by atoms with E-state index < -0.39 is 0 Å². The minimum atomic E-state index is 0.624. The molecular formula is C7H11NO. The summed E-state index contributed by atoms with van der Waals surface area (Å²) in [7, 11) is 0. The fourth-order valence-corrected chi connectivity index (χ4v) is 0.609. The third kappa shape index (κ3) is 7.16. The van der Waals surface area contributed by atoms with Crippen LogP contribution in [0.1, 0.15) is 32.1 Å². The molecule has 0 saturated heterocycles. The van der Waals surface area contributed by atoms with Crippen molar-refractivity contribution in [3.8, 4) is 6.07 Å². The Kier molecular flexibility index (Phi) is 6.49. The SMILES string of the molecule is N#CCCCCCC=O. The molecule has 0 amide bonds. The van der Waals surface area contributed by atoms with Crippen LogP contribution in [0.5, 0.6) is 0 Å². The molecule has 0 rings (SSSR count). The molecule has 2 heteroatoms. The Labute approximate surface area is 55.5 Å². The molecule has 0 N–H and O–H groups in total. The van der Waals surface area contributed by atoms with E-state index >= 15 is 0 Å². The predicted octanol–water partition coefficient (Wildman–Crippen LogP) is 1.66. The average Bonchev–Trinajstić information content (AvgIpc) is 1.89. The Hall–Kier alpha value is -0.840. The van der Waals surface area contributed by atoms with Crippen LogP contribution in [0.25, 0.3) is 0 Å². The van der Waals surface area contributed by atoms with Crippen molar-refractivity contribution in [2.24, 2.45) is 0 Å². The first kappa shape index (κ1) is 8.16. The van der Waals surface area contributed by atoms with Gasteiger partial charge in [0.15, 0.2) is 0 Å². The van der Waals surface area contributed by atoms with Gasteiger partial charge in [-0.3, -0.25) is 0 Å². The second-order valence-corrected chi connectivity index (χ2v) is 1.92. The third-order valence-corrected chi connectivity index (χ3v) is 1.11. The number of hydrogen-bond donors (Lipinski definition) is 0. The van der Waals surface area contributed by atoms with Crippen LogP contribution in [0.15, 0.2) is 0 Å². The summed E-state index contributed by atoms with van der Waals surface area (Å²) in [6.45, 7) is 0. The fraction of sp³-hybridized carbons (Fsp3) is 0.714. The van der Waals surface area contributed by atoms with Crippen molar-refractivity contribution in [3.63, 3.8) is 0 Å². The maximum atomic E-state index is 9.77. The summed E-state index contributed by atoms with van der Waals surface area (Å²) in [6.07, 6.45) is 5.07. The Bertz CT molecular complexity index is 104. The number of nitriles is 1. The van der Waals surface area contributed by atoms with Gasteiger partial charge >= 0.3 is 0 Å². The number of carbonyl (C=O) groups is 1. The first-order valence-corrected chi connectivity index (χ1v) is 3.22. The number of rotatable bonds is 5. The van der Waals surface area contributed by atoms with Crippen molar-refractivity contribution < 1.29 is 4.79 Å². The number of hydrogen-bond acceptors (Lipinski definition) is 2. The van der Waals surface area contributed by atoms with E-state index in [9.17, 15) is 4.79 Å². The first-order chi connectivity index (χ1) is 4.41. The van der Waals surface area contributed by atoms with E-state index in [0.717, 1.165) is 25.5 Å². The molecule has 9 heavy (non-hydrogen) atoms. The average molecular weight is 125 g/mol. The first-order valence-electron chi connectivity index (χ1n) is 3.22. The van der Waals surface area contributed by atoms with Gasteiger partial charge in [-0.1, -0.05) is 6.42 Å². The lowest BCUT2D eigenvalue weighted by Crippen LogP contribution is -1.77. The van der Waals surface area contributed by atoms with Crippen LogP contribution in [0, 0.1) is 11.3 Å². The van der Waals surface area contributed by atoms with E-state index in [1.165, 1.54) is 0 Å². The molecular weight excluding hydrogens is 114 g/mol. The Morgan fingerprint density at radius 2 is 2.11 bits per heavy atom. The smallest absolute Gasteiger partial charge is 0.119 e. The summed E-state index contributed by atoms with van der Waals surface area (Å²) in [5, 5.41) is 8.10. The van der Waals surface area contributed by atoms with Gasteiger partial charge in [-0.25, -0.2) is 0 Å². The lowest BCUT2D eigenvalue weighted by atomic mass is 10.2. The van der Waals surface area contributed by atoms with Crippen LogP contribution in [0.4, 0.5) is 0 Å². The van der Waals surface area contributed by atoms with Gasteiger partial charge in [0.2, 0.25) is 0 Å². The molecule has 0 aliphatic heterocycles. The van der Waals surface area contributed by atoms with Crippen LogP contribution in [-0.2, 0) is 4.79 Å². The van der Waals surface area contributed by atoms with Crippen LogP contribution in [-0.4, -0.2) is 6.29 Å². The van der Waals surface area contributed by atoms with Crippen molar-refractivity contribution >= 4 is 6.29 Å². The van der Waals surface area contributed by atoms with Gasteiger partial charge in [0.1, 0.15) is 6.29 Å². The number of unbranched alkanes of at least 4 members (excludes halogenated alkanes) is 4. The number of aldehydes is 1. The normalized spacial score (nSPS) is 8.33. The van der Waals surface area contributed by atoms with Gasteiger partial charge in [0.05, 0.1) is 6.07 Å². The molecule has 0 heterocycles. The summed E-state index contributed by atoms with van der Waals surface area (Å²) in [5.74, 6) is 0. The lowest BCUT2D eigenvalue weighted by molar-refractivity contribution is -0.107. The molecule has 0 atom stereocenters. The molecule has 50 valence electrons. The Balaban J connectivity index is 2.76. The monoisotopic (exact) mass is 125 g/mol. The summed E-state index contributed by atoms with van der Waals surface area (Å²) in [4.78, 5) is 9.77. The van der Waals surface area contributed by atoms with Crippen molar-refractivity contribution in [2.45, 2.75) is 32.1 Å². The molecule has 0 aliphatic rings. The minimum absolute atomic E-state index is 0.624. The highest BCUT2D eigenvalue weighted by molar-refractivity contribution is 5.48. The lowest BCUT2D eigenvalue weighted by Gasteiger charge is -1.89. The Morgan fingerprint density at radius 3 is 2.67 bits per heavy atom. The predicted molar refractivity (Wildman–Crippen MR) is 34.8 cm³/mol. The molecule has 0 radical (unpaired) electrons. The zero-order chi connectivity index (χ0) is 6.95. The molecule has 0 bridgehead atoms. The standard InChI is InChI=1S/C7H11NO/c8-6-4-2-1-3-5-7-9/h7H,1-5H2. The molecule has 0 aromatic heterocycles. The van der Waals surface area contributed by atoms with Gasteiger partial charge in [-0.05, 0) is 12.8 Å². The summed E-state index contributed by atoms with van der Waals surface area (Å²) in [5.41, 5.74) is 0. The largest absolute Gasteiger partial charge is 0.303 e. The van der Waals surface area contributed by atoms with Crippen molar-refractivity contribution in [1.29, 1.82) is 5.26 Å². The van der Waals surface area contributed by atoms with Gasteiger partial charge < -0.3 is 4.79 Å². The molecule has 0 spiro atoms. The topological polar surface area (TPSA) is 40.9 Å². The maximum Gasteiger partial charge on any atom is 0.119 e. The maximum absolute atomic E-state index is 9.77. The molecule has 0 saturated carbocycles. The fourth-order valence-electron chi connectivity index (χ4n) is 0.609. The van der Waals surface area contributed by atoms with E-state index in [1.54, 1.807) is 0 Å². The van der Waals surface area contributed by atoms with Gasteiger partial charge in [0.25, 0.3) is 0 Å². The number of nitrogens with zero attached hydrogens (tertiary/aromatic N) is 1. The van der Waals surface area contributed by atoms with Crippen LogP contribution < -0.4 is 0 Å². The highest BCUT2D eigenvalue weighted by Gasteiger charge is 1.85. The zero-order valence-electron chi connectivity index (χ0n) is 5.47. The van der Waals surface area contributed by atoms with E-state index in [-0.39, 0.29) is 0 Å². The minimum Gasteiger partial charge on any atom is -0.303 e. The summed E-state index contributed by atoms with van der Waals surface area (Å²) in [6, 6.07) is 2.06.